The van der Waals surface area contributed by atoms with Crippen LogP contribution in [0.5, 0.6) is 0 Å². The van der Waals surface area contributed by atoms with Crippen molar-refractivity contribution in [2.75, 3.05) is 0 Å². The van der Waals surface area contributed by atoms with Gasteiger partial charge in [0.05, 0.1) is 0 Å². The van der Waals surface area contributed by atoms with Gasteiger partial charge < -0.3 is 0 Å². The molecule has 10 rings (SSSR count). The molecule has 0 aromatic heterocycles. The van der Waals surface area contributed by atoms with Gasteiger partial charge in [-0.1, -0.05) is 194 Å². The first-order chi connectivity index (χ1) is 24.8. The van der Waals surface area contributed by atoms with Crippen molar-refractivity contribution in [3.8, 4) is 55.6 Å². The van der Waals surface area contributed by atoms with Gasteiger partial charge in [0.2, 0.25) is 0 Å². The molecular formula is C50H32. The van der Waals surface area contributed by atoms with E-state index in [4.69, 9.17) is 0 Å². The zero-order chi connectivity index (χ0) is 33.0. The number of hydrogen-bond donors (Lipinski definition) is 0. The van der Waals surface area contributed by atoms with Gasteiger partial charge in [-0.2, -0.15) is 0 Å². The van der Waals surface area contributed by atoms with E-state index < -0.39 is 0 Å². The highest BCUT2D eigenvalue weighted by Crippen LogP contribution is 2.51. The predicted molar refractivity (Wildman–Crippen MR) is 215 cm³/mol. The Balaban J connectivity index is 1.08. The predicted octanol–water partition coefficient (Wildman–Crippen LogP) is 14.0. The third-order valence-corrected chi connectivity index (χ3v) is 10.4. The Kier molecular flexibility index (Phi) is 6.60. The van der Waals surface area contributed by atoms with E-state index in [9.17, 15) is 0 Å². The van der Waals surface area contributed by atoms with Gasteiger partial charge in [0.1, 0.15) is 0 Å². The van der Waals surface area contributed by atoms with E-state index in [0.29, 0.717) is 0 Å². The minimum Gasteiger partial charge on any atom is -0.0622 e. The minimum atomic E-state index is 1.18. The van der Waals surface area contributed by atoms with Gasteiger partial charge in [-0.25, -0.2) is 0 Å². The van der Waals surface area contributed by atoms with Crippen molar-refractivity contribution in [3.05, 3.63) is 193 Å². The summed E-state index contributed by atoms with van der Waals surface area (Å²) in [4.78, 5) is 0. The molecule has 0 amide bonds. The van der Waals surface area contributed by atoms with Gasteiger partial charge >= 0.3 is 0 Å². The fraction of sp³-hybridized carbons (Fsp3) is 0. The maximum Gasteiger partial charge on any atom is -0.00201 e. The Labute approximate surface area is 292 Å². The lowest BCUT2D eigenvalue weighted by Gasteiger charge is -2.19. The molecule has 9 aromatic rings. The standard InChI is InChI=1S/C50H32/c1-2-11-35(12-3-1)36-27-23-33(24-28-36)21-22-34-25-29-37(30-26-34)48-41-15-6-8-17-43(41)50(44-18-9-7-16-42(44)48)47-32-31-46-39-14-5-4-13-38(39)40-19-10-20-45(47)49(40)46/h1-32H/b22-21+. The summed E-state index contributed by atoms with van der Waals surface area (Å²) in [6.45, 7) is 0. The molecule has 0 radical (unpaired) electrons. The minimum absolute atomic E-state index is 1.18. The van der Waals surface area contributed by atoms with Crippen LogP contribution in [-0.4, -0.2) is 0 Å². The summed E-state index contributed by atoms with van der Waals surface area (Å²) in [5, 5.41) is 7.77. The van der Waals surface area contributed by atoms with E-state index in [1.807, 2.05) is 0 Å². The van der Waals surface area contributed by atoms with E-state index in [1.165, 1.54) is 99.1 Å². The molecule has 50 heavy (non-hydrogen) atoms. The van der Waals surface area contributed by atoms with Crippen LogP contribution in [0.2, 0.25) is 0 Å². The summed E-state index contributed by atoms with van der Waals surface area (Å²) in [5.41, 5.74) is 15.3. The monoisotopic (exact) mass is 632 g/mol. The summed E-state index contributed by atoms with van der Waals surface area (Å²) in [5.74, 6) is 0. The topological polar surface area (TPSA) is 0 Å². The van der Waals surface area contributed by atoms with Gasteiger partial charge in [0.25, 0.3) is 0 Å². The third-order valence-electron chi connectivity index (χ3n) is 10.4. The van der Waals surface area contributed by atoms with Gasteiger partial charge in [-0.3, -0.25) is 0 Å². The third kappa shape index (κ3) is 4.54. The molecule has 0 heterocycles. The van der Waals surface area contributed by atoms with Gasteiger partial charge in [0, 0.05) is 0 Å². The molecule has 9 aromatic carbocycles. The van der Waals surface area contributed by atoms with Crippen LogP contribution in [0, 0.1) is 0 Å². The second-order valence-electron chi connectivity index (χ2n) is 13.2. The van der Waals surface area contributed by atoms with Crippen molar-refractivity contribution in [2.45, 2.75) is 0 Å². The summed E-state index contributed by atoms with van der Waals surface area (Å²) >= 11 is 0. The molecule has 0 N–H and O–H groups in total. The average Bonchev–Trinajstić information content (AvgIpc) is 3.52. The number of fused-ring (bicyclic) bond motifs is 5. The molecule has 0 spiro atoms. The zero-order valence-electron chi connectivity index (χ0n) is 27.5. The van der Waals surface area contributed by atoms with Crippen LogP contribution in [0.1, 0.15) is 11.1 Å². The molecule has 0 bridgehead atoms. The first-order valence-electron chi connectivity index (χ1n) is 17.4. The van der Waals surface area contributed by atoms with E-state index in [-0.39, 0.29) is 0 Å². The van der Waals surface area contributed by atoms with E-state index in [1.54, 1.807) is 0 Å². The summed E-state index contributed by atoms with van der Waals surface area (Å²) in [6, 6.07) is 66.6. The normalized spacial score (nSPS) is 11.9. The highest BCUT2D eigenvalue weighted by molar-refractivity contribution is 6.26. The molecule has 0 fully saturated rings. The second kappa shape index (κ2) is 11.6. The molecule has 0 saturated carbocycles. The maximum absolute atomic E-state index is 2.35. The van der Waals surface area contributed by atoms with E-state index >= 15 is 0 Å². The van der Waals surface area contributed by atoms with Crippen LogP contribution in [0.25, 0.3) is 100 Å². The second-order valence-corrected chi connectivity index (χ2v) is 13.2. The molecule has 0 aliphatic heterocycles. The van der Waals surface area contributed by atoms with Crippen LogP contribution in [0.4, 0.5) is 0 Å². The van der Waals surface area contributed by atoms with Crippen molar-refractivity contribution < 1.29 is 0 Å². The fourth-order valence-electron chi connectivity index (χ4n) is 8.13. The van der Waals surface area contributed by atoms with E-state index in [2.05, 4.69) is 194 Å². The van der Waals surface area contributed by atoms with Crippen LogP contribution in [0.15, 0.2) is 182 Å². The average molecular weight is 633 g/mol. The summed E-state index contributed by atoms with van der Waals surface area (Å²) in [6.07, 6.45) is 4.40. The Hall–Kier alpha value is -6.50. The fourth-order valence-corrected chi connectivity index (χ4v) is 8.13. The molecule has 232 valence electrons. The lowest BCUT2D eigenvalue weighted by molar-refractivity contribution is 1.60. The lowest BCUT2D eigenvalue weighted by Crippen LogP contribution is -1.92. The van der Waals surface area contributed by atoms with Crippen molar-refractivity contribution in [3.63, 3.8) is 0 Å². The number of rotatable bonds is 5. The van der Waals surface area contributed by atoms with Gasteiger partial charge in [-0.15, -0.1) is 0 Å². The molecular weight excluding hydrogens is 601 g/mol. The smallest absolute Gasteiger partial charge is 0.00201 e. The maximum atomic E-state index is 2.35. The van der Waals surface area contributed by atoms with Crippen molar-refractivity contribution in [1.82, 2.24) is 0 Å². The molecule has 1 aliphatic rings. The van der Waals surface area contributed by atoms with Crippen molar-refractivity contribution in [1.29, 1.82) is 0 Å². The first-order valence-corrected chi connectivity index (χ1v) is 17.4. The van der Waals surface area contributed by atoms with Crippen LogP contribution >= 0.6 is 0 Å². The van der Waals surface area contributed by atoms with E-state index in [0.717, 1.165) is 0 Å². The number of benzene rings is 9. The summed E-state index contributed by atoms with van der Waals surface area (Å²) < 4.78 is 0. The molecule has 0 heteroatoms. The Morgan fingerprint density at radius 2 is 0.660 bits per heavy atom. The molecule has 0 atom stereocenters. The van der Waals surface area contributed by atoms with Crippen molar-refractivity contribution in [2.24, 2.45) is 0 Å². The largest absolute Gasteiger partial charge is 0.0622 e. The Morgan fingerprint density at radius 1 is 0.240 bits per heavy atom. The molecule has 0 saturated heterocycles. The Morgan fingerprint density at radius 3 is 1.26 bits per heavy atom. The molecule has 1 aliphatic carbocycles. The molecule has 0 unspecified atom stereocenters. The van der Waals surface area contributed by atoms with Gasteiger partial charge in [0.15, 0.2) is 0 Å². The lowest BCUT2D eigenvalue weighted by atomic mass is 9.84. The molecule has 0 nitrogen and oxygen atoms in total. The Bertz CT molecular complexity index is 2680. The van der Waals surface area contributed by atoms with Gasteiger partial charge in [-0.05, 0) is 99.1 Å². The number of hydrogen-bond acceptors (Lipinski definition) is 0. The quantitative estimate of drug-likeness (QED) is 0.131. The zero-order valence-corrected chi connectivity index (χ0v) is 27.5. The van der Waals surface area contributed by atoms with Crippen LogP contribution in [0.3, 0.4) is 0 Å². The highest BCUT2D eigenvalue weighted by atomic mass is 14.3. The van der Waals surface area contributed by atoms with Crippen LogP contribution < -0.4 is 0 Å². The van der Waals surface area contributed by atoms with Crippen molar-refractivity contribution >= 4 is 44.5 Å². The summed E-state index contributed by atoms with van der Waals surface area (Å²) in [7, 11) is 0. The highest BCUT2D eigenvalue weighted by Gasteiger charge is 2.24. The van der Waals surface area contributed by atoms with Crippen LogP contribution in [-0.2, 0) is 0 Å². The SMILES string of the molecule is C(=C\c1ccc(-c2c3ccccc3c(-c3ccc4c5c(cccc35)-c3ccccc3-4)c3ccccc23)cc1)/c1ccc(-c2ccccc2)cc1. The first kappa shape index (κ1) is 28.5.